The average molecular weight is 466 g/mol. The van der Waals surface area contributed by atoms with E-state index in [9.17, 15) is 14.7 Å². The van der Waals surface area contributed by atoms with Crippen LogP contribution in [0.2, 0.25) is 0 Å². The molecule has 0 spiro atoms. The van der Waals surface area contributed by atoms with Gasteiger partial charge in [-0.3, -0.25) is 9.58 Å². The van der Waals surface area contributed by atoms with Crippen LogP contribution in [0.5, 0.6) is 0 Å². The summed E-state index contributed by atoms with van der Waals surface area (Å²) in [4.78, 5) is 27.1. The molecule has 2 aliphatic heterocycles. The summed E-state index contributed by atoms with van der Waals surface area (Å²) in [6.07, 6.45) is -1.19. The Kier molecular flexibility index (Phi) is 5.71. The van der Waals surface area contributed by atoms with Gasteiger partial charge in [-0.25, -0.2) is 18.4 Å². The molecule has 2 unspecified atom stereocenters. The number of anilines is 1. The number of alkyl halides is 2. The molecule has 2 fully saturated rings. The highest BCUT2D eigenvalue weighted by Gasteiger charge is 2.47. The smallest absolute Gasteiger partial charge is 0.410 e. The van der Waals surface area contributed by atoms with Gasteiger partial charge in [0, 0.05) is 31.9 Å². The number of rotatable bonds is 2. The molecule has 3 heterocycles. The lowest BCUT2D eigenvalue weighted by Gasteiger charge is -2.39. The van der Waals surface area contributed by atoms with Crippen molar-refractivity contribution in [2.24, 2.45) is 7.05 Å². The highest BCUT2D eigenvalue weighted by molar-refractivity contribution is 6.01. The molecule has 2 aliphatic rings. The van der Waals surface area contributed by atoms with Crippen LogP contribution in [0.1, 0.15) is 45.1 Å². The highest BCUT2D eigenvalue weighted by atomic mass is 19.3. The number of nitrogens with zero attached hydrogens (tertiary/aromatic N) is 4. The zero-order chi connectivity index (χ0) is 24.1. The molecule has 1 aromatic heterocycles. The van der Waals surface area contributed by atoms with Gasteiger partial charge in [0.15, 0.2) is 5.82 Å². The third-order valence-corrected chi connectivity index (χ3v) is 5.93. The van der Waals surface area contributed by atoms with Crippen LogP contribution in [-0.4, -0.2) is 69.3 Å². The van der Waals surface area contributed by atoms with E-state index in [1.165, 1.54) is 4.90 Å². The lowest BCUT2D eigenvalue weighted by atomic mass is 9.86. The van der Waals surface area contributed by atoms with Crippen LogP contribution >= 0.6 is 0 Å². The number of aliphatic hydroxyl groups is 1. The van der Waals surface area contributed by atoms with E-state index in [0.717, 1.165) is 4.90 Å². The summed E-state index contributed by atoms with van der Waals surface area (Å²) in [5.74, 6) is -3.78. The summed E-state index contributed by atoms with van der Waals surface area (Å²) in [5.41, 5.74) is 0.311. The second-order valence-corrected chi connectivity index (χ2v) is 9.63. The van der Waals surface area contributed by atoms with Crippen LogP contribution in [0.4, 0.5) is 24.2 Å². The Morgan fingerprint density at radius 3 is 2.64 bits per heavy atom. The maximum absolute atomic E-state index is 15.1. The highest BCUT2D eigenvalue weighted by Crippen LogP contribution is 2.42. The van der Waals surface area contributed by atoms with Crippen molar-refractivity contribution in [2.75, 3.05) is 24.5 Å². The van der Waals surface area contributed by atoms with E-state index < -0.39 is 42.3 Å². The molecule has 9 nitrogen and oxygen atoms in total. The van der Waals surface area contributed by atoms with Gasteiger partial charge < -0.3 is 20.1 Å². The third kappa shape index (κ3) is 4.59. The predicted molar refractivity (Wildman–Crippen MR) is 117 cm³/mol. The normalized spacial score (nSPS) is 23.5. The van der Waals surface area contributed by atoms with Crippen molar-refractivity contribution in [3.63, 3.8) is 0 Å². The van der Waals surface area contributed by atoms with Crippen molar-refractivity contribution in [1.29, 1.82) is 0 Å². The van der Waals surface area contributed by atoms with E-state index in [0.29, 0.717) is 35.2 Å². The molecule has 11 heteroatoms. The van der Waals surface area contributed by atoms with Gasteiger partial charge in [0.1, 0.15) is 11.8 Å². The Labute approximate surface area is 190 Å². The third-order valence-electron chi connectivity index (χ3n) is 5.93. The molecular formula is C22H29F2N5O4. The number of hydrogen-bond donors (Lipinski definition) is 2. The van der Waals surface area contributed by atoms with Crippen molar-refractivity contribution in [2.45, 2.75) is 57.3 Å². The molecule has 180 valence electrons. The summed E-state index contributed by atoms with van der Waals surface area (Å²) in [5, 5.41) is 17.1. The largest absolute Gasteiger partial charge is 0.444 e. The number of carbonyl (C=O) groups is 2. The van der Waals surface area contributed by atoms with Gasteiger partial charge in [-0.05, 0) is 44.9 Å². The fraction of sp³-hybridized carbons (Fsp3) is 0.591. The van der Waals surface area contributed by atoms with E-state index in [1.54, 1.807) is 50.7 Å². The number of aryl methyl sites for hydroxylation is 1. The second kappa shape index (κ2) is 8.12. The maximum atomic E-state index is 15.1. The van der Waals surface area contributed by atoms with E-state index in [1.807, 2.05) is 0 Å². The number of likely N-dealkylation sites (tertiary alicyclic amines) is 1. The van der Waals surface area contributed by atoms with Crippen molar-refractivity contribution in [3.05, 3.63) is 23.8 Å². The summed E-state index contributed by atoms with van der Waals surface area (Å²) < 4.78 is 37.1. The van der Waals surface area contributed by atoms with Crippen LogP contribution in [0.25, 0.3) is 10.9 Å². The van der Waals surface area contributed by atoms with Gasteiger partial charge in [0.25, 0.3) is 5.92 Å². The molecule has 4 rings (SSSR count). The number of nitrogens with one attached hydrogen (secondary N) is 1. The lowest BCUT2D eigenvalue weighted by molar-refractivity contribution is -0.0848. The average Bonchev–Trinajstić information content (AvgIpc) is 3.01. The molecule has 0 radical (unpaired) electrons. The minimum Gasteiger partial charge on any atom is -0.444 e. The minimum absolute atomic E-state index is 0.0921. The molecule has 2 aromatic rings. The number of fused-ring (bicyclic) bond motifs is 1. The Bertz CT molecular complexity index is 1080. The Hall–Kier alpha value is -2.95. The summed E-state index contributed by atoms with van der Waals surface area (Å²) in [6.45, 7) is 4.84. The first kappa shape index (κ1) is 23.2. The van der Waals surface area contributed by atoms with Gasteiger partial charge >= 0.3 is 12.1 Å². The topological polar surface area (TPSA) is 99.9 Å². The van der Waals surface area contributed by atoms with E-state index in [4.69, 9.17) is 4.74 Å². The molecule has 0 bridgehead atoms. The first-order valence-electron chi connectivity index (χ1n) is 10.9. The number of amides is 3. The molecular weight excluding hydrogens is 436 g/mol. The van der Waals surface area contributed by atoms with Crippen molar-refractivity contribution >= 4 is 28.8 Å². The summed E-state index contributed by atoms with van der Waals surface area (Å²) in [7, 11) is 1.69. The number of piperidine rings is 1. The molecule has 0 aliphatic carbocycles. The van der Waals surface area contributed by atoms with E-state index in [-0.39, 0.29) is 13.0 Å². The quantitative estimate of drug-likeness (QED) is 0.710. The van der Waals surface area contributed by atoms with Crippen LogP contribution in [0, 0.1) is 0 Å². The lowest BCUT2D eigenvalue weighted by Crippen LogP contribution is -2.52. The van der Waals surface area contributed by atoms with Crippen LogP contribution in [-0.2, 0) is 11.8 Å². The first-order valence-corrected chi connectivity index (χ1v) is 10.9. The number of hydrogen-bond acceptors (Lipinski definition) is 5. The molecule has 0 saturated carbocycles. The van der Waals surface area contributed by atoms with E-state index >= 15 is 8.78 Å². The molecule has 33 heavy (non-hydrogen) atoms. The maximum Gasteiger partial charge on any atom is 0.410 e. The van der Waals surface area contributed by atoms with Gasteiger partial charge in [-0.1, -0.05) is 6.07 Å². The molecule has 1 aromatic carbocycles. The van der Waals surface area contributed by atoms with Crippen LogP contribution in [0.3, 0.4) is 0 Å². The summed E-state index contributed by atoms with van der Waals surface area (Å²) in [6, 6.07) is 4.54. The van der Waals surface area contributed by atoms with Gasteiger partial charge in [-0.15, -0.1) is 0 Å². The van der Waals surface area contributed by atoms with E-state index in [2.05, 4.69) is 10.4 Å². The molecule has 2 N–H and O–H groups in total. The summed E-state index contributed by atoms with van der Waals surface area (Å²) >= 11 is 0. The Morgan fingerprint density at radius 2 is 2.00 bits per heavy atom. The number of halogens is 2. The second-order valence-electron chi connectivity index (χ2n) is 9.63. The molecule has 2 atom stereocenters. The van der Waals surface area contributed by atoms with Crippen molar-refractivity contribution in [3.8, 4) is 0 Å². The van der Waals surface area contributed by atoms with Gasteiger partial charge in [0.2, 0.25) is 0 Å². The molecule has 2 saturated heterocycles. The first-order chi connectivity index (χ1) is 15.4. The number of aromatic nitrogens is 2. The number of ether oxygens (including phenoxy) is 1. The Balaban J connectivity index is 1.58. The van der Waals surface area contributed by atoms with Gasteiger partial charge in [0.05, 0.1) is 18.0 Å². The number of aliphatic hydroxyl groups excluding tert-OH is 1. The van der Waals surface area contributed by atoms with Crippen LogP contribution in [0.15, 0.2) is 18.2 Å². The fourth-order valence-electron chi connectivity index (χ4n) is 4.35. The Morgan fingerprint density at radius 1 is 1.27 bits per heavy atom. The minimum atomic E-state index is -3.13. The van der Waals surface area contributed by atoms with Gasteiger partial charge in [-0.2, -0.15) is 5.10 Å². The van der Waals surface area contributed by atoms with Crippen molar-refractivity contribution < 1.29 is 28.2 Å². The van der Waals surface area contributed by atoms with Crippen molar-refractivity contribution in [1.82, 2.24) is 20.0 Å². The predicted octanol–water partition coefficient (Wildman–Crippen LogP) is 3.17. The standard InChI is InChI=1S/C22H29F2N5O4/c1-21(2,3)33-20(32)28-9-7-15(22(23,24)12-28)13-5-6-14-16(11-13)27(4)26-18(14)29-10-8-17(30)25-19(29)31/h5-6,11,15,17,30H,7-10,12H2,1-4H3,(H,25,31). The fourth-order valence-corrected chi connectivity index (χ4v) is 4.35. The molecule has 3 amide bonds. The number of benzene rings is 1. The van der Waals surface area contributed by atoms with Crippen LogP contribution < -0.4 is 10.2 Å². The monoisotopic (exact) mass is 465 g/mol. The SMILES string of the molecule is Cn1nc(N2CCC(O)NC2=O)c2ccc(C3CCN(C(=O)OC(C)(C)C)CC3(F)F)cc21. The zero-order valence-corrected chi connectivity index (χ0v) is 19.1. The zero-order valence-electron chi connectivity index (χ0n) is 19.1. The number of carbonyl (C=O) groups excluding carboxylic acids is 2. The number of urea groups is 1.